The van der Waals surface area contributed by atoms with Gasteiger partial charge in [-0.25, -0.2) is 0 Å². The van der Waals surface area contributed by atoms with Gasteiger partial charge in [-0.2, -0.15) is 0 Å². The van der Waals surface area contributed by atoms with E-state index in [9.17, 15) is 4.57 Å². The summed E-state index contributed by atoms with van der Waals surface area (Å²) in [7, 11) is -2.09. The highest BCUT2D eigenvalue weighted by atomic mass is 31.2. The number of hydrogen-bond donors (Lipinski definition) is 0. The summed E-state index contributed by atoms with van der Waals surface area (Å²) in [6.07, 6.45) is 19.9. The van der Waals surface area contributed by atoms with Crippen LogP contribution in [0.1, 0.15) is 111 Å². The first-order chi connectivity index (χ1) is 11.7. The summed E-state index contributed by atoms with van der Waals surface area (Å²) in [6, 6.07) is 0. The Morgan fingerprint density at radius 3 is 1.46 bits per heavy atom. The Hall–Kier alpha value is 0.190. The molecule has 24 heavy (non-hydrogen) atoms. The third-order valence-electron chi connectivity index (χ3n) is 4.81. The van der Waals surface area contributed by atoms with Gasteiger partial charge in [0.2, 0.25) is 0 Å². The van der Waals surface area contributed by atoms with Crippen molar-refractivity contribution >= 4 is 7.14 Å². The number of unbranched alkanes of at least 4 members (excludes halogenated alkanes) is 11. The average Bonchev–Trinajstić information content (AvgIpc) is 2.58. The fourth-order valence-corrected chi connectivity index (χ4v) is 5.62. The van der Waals surface area contributed by atoms with E-state index in [0.29, 0.717) is 6.35 Å². The Morgan fingerprint density at radius 1 is 0.583 bits per heavy atom. The highest BCUT2D eigenvalue weighted by molar-refractivity contribution is 7.63. The van der Waals surface area contributed by atoms with E-state index in [1.54, 1.807) is 0 Å². The first-order valence-corrected chi connectivity index (χ1v) is 13.1. The Balaban J connectivity index is 4.01. The number of hydrogen-bond acceptors (Lipinski definition) is 2. The molecule has 3 heteroatoms. The maximum atomic E-state index is 13.2. The third-order valence-corrected chi connectivity index (χ3v) is 7.72. The molecule has 0 unspecified atom stereocenters. The zero-order valence-electron chi connectivity index (χ0n) is 17.0. The predicted octanol–water partition coefficient (Wildman–Crippen LogP) is 7.84. The third kappa shape index (κ3) is 15.7. The standard InChI is InChI=1S/C21H45O2P/c1-4-7-10-12-14-16-19-24(22,21-23-18-9-6-3)20-17-15-13-11-8-5-2/h4-21H2,1-3H3. The highest BCUT2D eigenvalue weighted by Gasteiger charge is 2.21. The summed E-state index contributed by atoms with van der Waals surface area (Å²) in [5.74, 6) is 0. The van der Waals surface area contributed by atoms with Gasteiger partial charge in [-0.1, -0.05) is 91.4 Å². The van der Waals surface area contributed by atoms with Crippen molar-refractivity contribution in [3.8, 4) is 0 Å². The SMILES string of the molecule is CCCCCCCCP(=O)(CCCCCCCC)COCCCC. The predicted molar refractivity (Wildman–Crippen MR) is 110 cm³/mol. The van der Waals surface area contributed by atoms with Gasteiger partial charge in [-0.3, -0.25) is 0 Å². The zero-order chi connectivity index (χ0) is 17.9. The van der Waals surface area contributed by atoms with Gasteiger partial charge in [-0.15, -0.1) is 0 Å². The van der Waals surface area contributed by atoms with Crippen LogP contribution >= 0.6 is 7.14 Å². The van der Waals surface area contributed by atoms with E-state index in [0.717, 1.165) is 44.6 Å². The minimum absolute atomic E-state index is 0.539. The van der Waals surface area contributed by atoms with Crippen LogP contribution in [0.4, 0.5) is 0 Å². The molecule has 0 fully saturated rings. The van der Waals surface area contributed by atoms with Gasteiger partial charge in [0.25, 0.3) is 0 Å². The van der Waals surface area contributed by atoms with Gasteiger partial charge in [0, 0.05) is 18.9 Å². The summed E-state index contributed by atoms with van der Waals surface area (Å²) >= 11 is 0. The van der Waals surface area contributed by atoms with E-state index in [1.807, 2.05) is 0 Å². The molecule has 0 atom stereocenters. The second kappa shape index (κ2) is 18.0. The van der Waals surface area contributed by atoms with Crippen LogP contribution in [0, 0.1) is 0 Å². The van der Waals surface area contributed by atoms with Gasteiger partial charge < -0.3 is 9.30 Å². The topological polar surface area (TPSA) is 26.3 Å². The molecule has 146 valence electrons. The smallest absolute Gasteiger partial charge is 0.112 e. The minimum atomic E-state index is -2.09. The van der Waals surface area contributed by atoms with Crippen molar-refractivity contribution in [3.63, 3.8) is 0 Å². The lowest BCUT2D eigenvalue weighted by Gasteiger charge is -2.18. The second-order valence-electron chi connectivity index (χ2n) is 7.43. The minimum Gasteiger partial charge on any atom is -0.374 e. The molecule has 0 N–H and O–H groups in total. The maximum absolute atomic E-state index is 13.2. The second-order valence-corrected chi connectivity index (χ2v) is 10.7. The molecule has 0 saturated heterocycles. The van der Waals surface area contributed by atoms with Crippen LogP contribution in [-0.2, 0) is 9.30 Å². The fraction of sp³-hybridized carbons (Fsp3) is 1.00. The summed E-state index contributed by atoms with van der Waals surface area (Å²) in [4.78, 5) is 0. The molecule has 0 aromatic rings. The lowest BCUT2D eigenvalue weighted by molar-refractivity contribution is 0.171. The molecule has 0 aliphatic heterocycles. The molecule has 0 aromatic heterocycles. The quantitative estimate of drug-likeness (QED) is 0.173. The molecule has 0 spiro atoms. The Kier molecular flexibility index (Phi) is 18.1. The molecule has 0 saturated carbocycles. The van der Waals surface area contributed by atoms with Crippen LogP contribution < -0.4 is 0 Å². The van der Waals surface area contributed by atoms with Crippen LogP contribution in [0.5, 0.6) is 0 Å². The van der Waals surface area contributed by atoms with Gasteiger partial charge in [0.15, 0.2) is 0 Å². The van der Waals surface area contributed by atoms with Crippen molar-refractivity contribution in [1.29, 1.82) is 0 Å². The van der Waals surface area contributed by atoms with Crippen LogP contribution in [0.25, 0.3) is 0 Å². The summed E-state index contributed by atoms with van der Waals surface area (Å²) in [5.41, 5.74) is 0. The first kappa shape index (κ1) is 24.2. The molecular weight excluding hydrogens is 315 g/mol. The van der Waals surface area contributed by atoms with Crippen molar-refractivity contribution in [2.75, 3.05) is 25.3 Å². The van der Waals surface area contributed by atoms with E-state index in [1.165, 1.54) is 64.2 Å². The van der Waals surface area contributed by atoms with Crippen molar-refractivity contribution < 1.29 is 9.30 Å². The van der Waals surface area contributed by atoms with E-state index < -0.39 is 7.14 Å². The molecule has 0 aromatic carbocycles. The molecule has 0 rings (SSSR count). The van der Waals surface area contributed by atoms with Gasteiger partial charge in [0.05, 0.1) is 6.35 Å². The van der Waals surface area contributed by atoms with Crippen molar-refractivity contribution in [2.45, 2.75) is 111 Å². The average molecular weight is 361 g/mol. The zero-order valence-corrected chi connectivity index (χ0v) is 17.9. The first-order valence-electron chi connectivity index (χ1n) is 10.8. The van der Waals surface area contributed by atoms with Gasteiger partial charge >= 0.3 is 0 Å². The molecule has 0 amide bonds. The lowest BCUT2D eigenvalue weighted by Crippen LogP contribution is -2.05. The summed E-state index contributed by atoms with van der Waals surface area (Å²) in [6.45, 7) is 7.47. The van der Waals surface area contributed by atoms with Crippen molar-refractivity contribution in [3.05, 3.63) is 0 Å². The number of rotatable bonds is 19. The Morgan fingerprint density at radius 2 is 1.00 bits per heavy atom. The lowest BCUT2D eigenvalue weighted by atomic mass is 10.1. The summed E-state index contributed by atoms with van der Waals surface area (Å²) in [5, 5.41) is 0. The maximum Gasteiger partial charge on any atom is 0.112 e. The molecule has 0 aliphatic rings. The Bertz CT molecular complexity index is 272. The molecular formula is C21H45O2P. The molecule has 0 bridgehead atoms. The van der Waals surface area contributed by atoms with Gasteiger partial charge in [-0.05, 0) is 19.3 Å². The monoisotopic (exact) mass is 360 g/mol. The van der Waals surface area contributed by atoms with Crippen LogP contribution in [0.15, 0.2) is 0 Å². The number of ether oxygens (including phenoxy) is 1. The van der Waals surface area contributed by atoms with E-state index in [4.69, 9.17) is 4.74 Å². The summed E-state index contributed by atoms with van der Waals surface area (Å²) < 4.78 is 19.0. The fourth-order valence-electron chi connectivity index (χ4n) is 3.08. The van der Waals surface area contributed by atoms with Crippen molar-refractivity contribution in [1.82, 2.24) is 0 Å². The highest BCUT2D eigenvalue weighted by Crippen LogP contribution is 2.47. The molecule has 0 radical (unpaired) electrons. The van der Waals surface area contributed by atoms with Gasteiger partial charge in [0.1, 0.15) is 7.14 Å². The van der Waals surface area contributed by atoms with E-state index >= 15 is 0 Å². The van der Waals surface area contributed by atoms with E-state index in [-0.39, 0.29) is 0 Å². The molecule has 0 heterocycles. The largest absolute Gasteiger partial charge is 0.374 e. The van der Waals surface area contributed by atoms with Crippen LogP contribution in [0.3, 0.4) is 0 Å². The van der Waals surface area contributed by atoms with Crippen LogP contribution in [-0.4, -0.2) is 25.3 Å². The van der Waals surface area contributed by atoms with Crippen LogP contribution in [0.2, 0.25) is 0 Å². The molecule has 0 aliphatic carbocycles. The van der Waals surface area contributed by atoms with E-state index in [2.05, 4.69) is 20.8 Å². The van der Waals surface area contributed by atoms with Crippen molar-refractivity contribution in [2.24, 2.45) is 0 Å². The Labute approximate surface area is 152 Å². The molecule has 2 nitrogen and oxygen atoms in total. The normalized spacial score (nSPS) is 12.0.